The molecule has 5 nitrogen and oxygen atoms in total. The highest BCUT2D eigenvalue weighted by atomic mass is 16.3. The Kier molecular flexibility index (Phi) is 5.41. The minimum Gasteiger partial charge on any atom is -0.396 e. The van der Waals surface area contributed by atoms with Gasteiger partial charge in [0, 0.05) is 43.9 Å². The number of carbonyl (C=O) groups is 1. The number of likely N-dealkylation sites (tertiary alicyclic amines) is 1. The van der Waals surface area contributed by atoms with Gasteiger partial charge in [0.05, 0.1) is 6.54 Å². The van der Waals surface area contributed by atoms with Crippen LogP contribution in [0.25, 0.3) is 0 Å². The van der Waals surface area contributed by atoms with Crippen molar-refractivity contribution in [3.05, 3.63) is 29.8 Å². The molecule has 1 aromatic carbocycles. The lowest BCUT2D eigenvalue weighted by Gasteiger charge is -2.38. The number of carbonyl (C=O) groups excluding carboxylic acids is 1. The van der Waals surface area contributed by atoms with Gasteiger partial charge < -0.3 is 15.3 Å². The summed E-state index contributed by atoms with van der Waals surface area (Å²) in [6, 6.07) is 8.50. The molecule has 1 saturated heterocycles. The number of piperidine rings is 1. The Bertz CT molecular complexity index is 577. The SMILES string of the molecule is CC1(CO)CCCN(CC(=O)NCCN2CCc3ccccc32)C1. The maximum atomic E-state index is 12.2. The Balaban J connectivity index is 1.40. The van der Waals surface area contributed by atoms with E-state index in [1.807, 2.05) is 0 Å². The van der Waals surface area contributed by atoms with E-state index in [1.54, 1.807) is 0 Å². The van der Waals surface area contributed by atoms with Crippen molar-refractivity contribution in [3.63, 3.8) is 0 Å². The van der Waals surface area contributed by atoms with Crippen molar-refractivity contribution in [1.82, 2.24) is 10.2 Å². The number of nitrogens with zero attached hydrogens (tertiary/aromatic N) is 2. The van der Waals surface area contributed by atoms with Crippen LogP contribution in [0.2, 0.25) is 0 Å². The monoisotopic (exact) mass is 331 g/mol. The maximum Gasteiger partial charge on any atom is 0.234 e. The van der Waals surface area contributed by atoms with Gasteiger partial charge in [-0.3, -0.25) is 9.69 Å². The third-order valence-corrected chi connectivity index (χ3v) is 5.30. The average molecular weight is 331 g/mol. The van der Waals surface area contributed by atoms with Crippen molar-refractivity contribution in [2.75, 3.05) is 50.8 Å². The molecule has 2 N–H and O–H groups in total. The molecule has 0 bridgehead atoms. The van der Waals surface area contributed by atoms with Gasteiger partial charge in [0.1, 0.15) is 0 Å². The zero-order valence-electron chi connectivity index (χ0n) is 14.6. The van der Waals surface area contributed by atoms with Gasteiger partial charge in [-0.25, -0.2) is 0 Å². The van der Waals surface area contributed by atoms with E-state index in [-0.39, 0.29) is 17.9 Å². The molecule has 0 aliphatic carbocycles. The number of aliphatic hydroxyl groups excluding tert-OH is 1. The van der Waals surface area contributed by atoms with Gasteiger partial charge >= 0.3 is 0 Å². The summed E-state index contributed by atoms with van der Waals surface area (Å²) in [5.74, 6) is 0.0877. The van der Waals surface area contributed by atoms with Gasteiger partial charge in [-0.2, -0.15) is 0 Å². The van der Waals surface area contributed by atoms with Crippen LogP contribution in [0.4, 0.5) is 5.69 Å². The van der Waals surface area contributed by atoms with Crippen molar-refractivity contribution >= 4 is 11.6 Å². The fourth-order valence-electron chi connectivity index (χ4n) is 3.92. The second kappa shape index (κ2) is 7.53. The van der Waals surface area contributed by atoms with Crippen molar-refractivity contribution < 1.29 is 9.90 Å². The van der Waals surface area contributed by atoms with Gasteiger partial charge in [-0.15, -0.1) is 0 Å². The largest absolute Gasteiger partial charge is 0.396 e. The van der Waals surface area contributed by atoms with E-state index in [2.05, 4.69) is 46.3 Å². The summed E-state index contributed by atoms with van der Waals surface area (Å²) in [6.07, 6.45) is 3.18. The van der Waals surface area contributed by atoms with Crippen LogP contribution >= 0.6 is 0 Å². The van der Waals surface area contributed by atoms with Gasteiger partial charge in [0.15, 0.2) is 0 Å². The Hall–Kier alpha value is -1.59. The molecule has 132 valence electrons. The lowest BCUT2D eigenvalue weighted by Crippen LogP contribution is -2.48. The number of hydrogen-bond acceptors (Lipinski definition) is 4. The van der Waals surface area contributed by atoms with E-state index in [0.29, 0.717) is 13.1 Å². The fourth-order valence-corrected chi connectivity index (χ4v) is 3.92. The van der Waals surface area contributed by atoms with E-state index < -0.39 is 0 Å². The number of amides is 1. The standard InChI is InChI=1S/C19H29N3O2/c1-19(15-23)8-4-10-21(14-19)13-18(24)20-9-12-22-11-7-16-5-2-3-6-17(16)22/h2-3,5-6,23H,4,7-15H2,1H3,(H,20,24). The summed E-state index contributed by atoms with van der Waals surface area (Å²) >= 11 is 0. The molecule has 3 rings (SSSR count). The number of anilines is 1. The molecule has 0 aromatic heterocycles. The van der Waals surface area contributed by atoms with Crippen LogP contribution in [0.15, 0.2) is 24.3 Å². The molecule has 0 radical (unpaired) electrons. The van der Waals surface area contributed by atoms with Crippen LogP contribution in [0.5, 0.6) is 0 Å². The summed E-state index contributed by atoms with van der Waals surface area (Å²) in [7, 11) is 0. The molecule has 5 heteroatoms. The minimum atomic E-state index is -0.0577. The molecule has 24 heavy (non-hydrogen) atoms. The third kappa shape index (κ3) is 4.08. The molecule has 1 unspecified atom stereocenters. The molecular weight excluding hydrogens is 302 g/mol. The van der Waals surface area contributed by atoms with Crippen molar-refractivity contribution in [2.24, 2.45) is 5.41 Å². The minimum absolute atomic E-state index is 0.0577. The molecular formula is C19H29N3O2. The normalized spacial score (nSPS) is 24.0. The predicted octanol–water partition coefficient (Wildman–Crippen LogP) is 1.26. The summed E-state index contributed by atoms with van der Waals surface area (Å²) in [5, 5.41) is 12.6. The molecule has 2 heterocycles. The van der Waals surface area contributed by atoms with E-state index in [1.165, 1.54) is 11.3 Å². The molecule has 0 saturated carbocycles. The van der Waals surface area contributed by atoms with E-state index >= 15 is 0 Å². The predicted molar refractivity (Wildman–Crippen MR) is 96.2 cm³/mol. The second-order valence-corrected chi connectivity index (χ2v) is 7.50. The lowest BCUT2D eigenvalue weighted by atomic mass is 9.83. The van der Waals surface area contributed by atoms with Gasteiger partial charge in [0.25, 0.3) is 0 Å². The Morgan fingerprint density at radius 3 is 3.00 bits per heavy atom. The van der Waals surface area contributed by atoms with E-state index in [4.69, 9.17) is 0 Å². The molecule has 1 aromatic rings. The first-order valence-corrected chi connectivity index (χ1v) is 9.02. The van der Waals surface area contributed by atoms with Crippen LogP contribution in [0, 0.1) is 5.41 Å². The summed E-state index contributed by atoms with van der Waals surface area (Å²) < 4.78 is 0. The number of hydrogen-bond donors (Lipinski definition) is 2. The van der Waals surface area contributed by atoms with Crippen LogP contribution in [0.1, 0.15) is 25.3 Å². The quantitative estimate of drug-likeness (QED) is 0.824. The average Bonchev–Trinajstić information content (AvgIpc) is 2.98. The summed E-state index contributed by atoms with van der Waals surface area (Å²) in [4.78, 5) is 16.7. The highest BCUT2D eigenvalue weighted by Crippen LogP contribution is 2.28. The van der Waals surface area contributed by atoms with E-state index in [9.17, 15) is 9.90 Å². The van der Waals surface area contributed by atoms with Gasteiger partial charge in [0.2, 0.25) is 5.91 Å². The molecule has 0 spiro atoms. The fraction of sp³-hybridized carbons (Fsp3) is 0.632. The van der Waals surface area contributed by atoms with Crippen molar-refractivity contribution in [3.8, 4) is 0 Å². The topological polar surface area (TPSA) is 55.8 Å². The van der Waals surface area contributed by atoms with E-state index in [0.717, 1.165) is 45.4 Å². The van der Waals surface area contributed by atoms with Gasteiger partial charge in [-0.1, -0.05) is 25.1 Å². The first-order chi connectivity index (χ1) is 11.6. The smallest absolute Gasteiger partial charge is 0.234 e. The van der Waals surface area contributed by atoms with Crippen LogP contribution < -0.4 is 10.2 Å². The first-order valence-electron chi connectivity index (χ1n) is 9.02. The lowest BCUT2D eigenvalue weighted by molar-refractivity contribution is -0.123. The number of fused-ring (bicyclic) bond motifs is 1. The number of aliphatic hydroxyl groups is 1. The number of nitrogens with one attached hydrogen (secondary N) is 1. The maximum absolute atomic E-state index is 12.2. The zero-order valence-corrected chi connectivity index (χ0v) is 14.6. The number of benzene rings is 1. The highest BCUT2D eigenvalue weighted by Gasteiger charge is 2.31. The molecule has 1 atom stereocenters. The van der Waals surface area contributed by atoms with Crippen LogP contribution in [0.3, 0.4) is 0 Å². The Labute approximate surface area is 144 Å². The second-order valence-electron chi connectivity index (χ2n) is 7.50. The third-order valence-electron chi connectivity index (χ3n) is 5.30. The number of rotatable bonds is 6. The Morgan fingerprint density at radius 1 is 1.33 bits per heavy atom. The molecule has 1 amide bonds. The van der Waals surface area contributed by atoms with Crippen molar-refractivity contribution in [2.45, 2.75) is 26.2 Å². The summed E-state index contributed by atoms with van der Waals surface area (Å²) in [5.41, 5.74) is 2.65. The van der Waals surface area contributed by atoms with Crippen LogP contribution in [-0.4, -0.2) is 61.8 Å². The summed E-state index contributed by atoms with van der Waals surface area (Å²) in [6.45, 7) is 7.05. The van der Waals surface area contributed by atoms with Crippen LogP contribution in [-0.2, 0) is 11.2 Å². The van der Waals surface area contributed by atoms with Crippen molar-refractivity contribution in [1.29, 1.82) is 0 Å². The molecule has 2 aliphatic heterocycles. The highest BCUT2D eigenvalue weighted by molar-refractivity contribution is 5.78. The Morgan fingerprint density at radius 2 is 2.17 bits per heavy atom. The number of para-hydroxylation sites is 1. The molecule has 1 fully saturated rings. The zero-order chi connectivity index (χ0) is 17.0. The van der Waals surface area contributed by atoms with Gasteiger partial charge in [-0.05, 0) is 37.4 Å². The first kappa shape index (κ1) is 17.2. The molecule has 2 aliphatic rings.